The number of benzene rings is 1. The minimum atomic E-state index is -4.39. The second-order valence-electron chi connectivity index (χ2n) is 8.23. The van der Waals surface area contributed by atoms with Gasteiger partial charge < -0.3 is 19.1 Å². The molecule has 2 heterocycles. The van der Waals surface area contributed by atoms with Crippen molar-refractivity contribution in [1.29, 1.82) is 0 Å². The summed E-state index contributed by atoms with van der Waals surface area (Å²) >= 11 is 0. The fourth-order valence-corrected chi connectivity index (χ4v) is 4.87. The number of rotatable bonds is 11. The van der Waals surface area contributed by atoms with Crippen LogP contribution in [0.2, 0.25) is 0 Å². The maximum Gasteiger partial charge on any atom is 0.460 e. The van der Waals surface area contributed by atoms with Gasteiger partial charge in [0.05, 0.1) is 18.7 Å². The van der Waals surface area contributed by atoms with E-state index in [0.717, 1.165) is 10.6 Å². The Balaban J connectivity index is 1.86. The van der Waals surface area contributed by atoms with Crippen molar-refractivity contribution in [3.05, 3.63) is 87.4 Å². The largest absolute Gasteiger partial charge is 0.508 e. The molecule has 2 aromatic rings. The molecule has 0 amide bonds. The molecule has 0 fully saturated rings. The van der Waals surface area contributed by atoms with E-state index < -0.39 is 61.0 Å². The Hall–Kier alpha value is -3.67. The van der Waals surface area contributed by atoms with Crippen LogP contribution in [0.1, 0.15) is 33.4 Å². The summed E-state index contributed by atoms with van der Waals surface area (Å²) < 4.78 is 50.3. The van der Waals surface area contributed by atoms with Crippen LogP contribution in [0.3, 0.4) is 0 Å². The highest BCUT2D eigenvalue weighted by atomic mass is 31.2. The number of nitrogens with one attached hydrogen (secondary N) is 2. The van der Waals surface area contributed by atoms with Crippen LogP contribution in [0.5, 0.6) is 5.75 Å². The first-order valence-electron chi connectivity index (χ1n) is 11.2. The van der Waals surface area contributed by atoms with E-state index >= 15 is 0 Å². The van der Waals surface area contributed by atoms with Gasteiger partial charge in [-0.2, -0.15) is 9.48 Å². The normalized spacial score (nSPS) is 18.6. The molecular formula is C23H27FN3O9P. The first-order chi connectivity index (χ1) is 17.4. The van der Waals surface area contributed by atoms with Crippen molar-refractivity contribution in [2.24, 2.45) is 0 Å². The summed E-state index contributed by atoms with van der Waals surface area (Å²) in [6.45, 7) is 8.30. The molecule has 0 bridgehead atoms. The minimum absolute atomic E-state index is 0.143. The number of H-pyrrole nitrogens is 1. The first kappa shape index (κ1) is 27.9. The molecule has 0 saturated carbocycles. The third kappa shape index (κ3) is 6.97. The molecule has 200 valence electrons. The monoisotopic (exact) mass is 539 g/mol. The Morgan fingerprint density at radius 3 is 2.62 bits per heavy atom. The molecule has 0 aliphatic carbocycles. The van der Waals surface area contributed by atoms with E-state index in [2.05, 4.69) is 11.7 Å². The summed E-state index contributed by atoms with van der Waals surface area (Å²) in [5.41, 5.74) is -2.18. The summed E-state index contributed by atoms with van der Waals surface area (Å²) in [5.74, 6) is -2.50. The number of ether oxygens (including phenoxy) is 2. The number of para-hydroxylation sites is 1. The van der Waals surface area contributed by atoms with Gasteiger partial charge in [0.2, 0.25) is 5.82 Å². The van der Waals surface area contributed by atoms with Crippen molar-refractivity contribution in [3.63, 3.8) is 0 Å². The molecule has 37 heavy (non-hydrogen) atoms. The van der Waals surface area contributed by atoms with Gasteiger partial charge in [-0.05, 0) is 32.9 Å². The molecule has 3 N–H and O–H groups in total. The number of aliphatic hydroxyl groups excluding tert-OH is 1. The standard InChI is InChI=1S/C23H27FN3O9P/c1-5-18(20-17(28)11-19(34-20)27-12-16(24)21(29)25-23(27)31)36-37(32,35-15-9-7-6-8-10-15)26-14(4)22(30)33-13(2)3/h5-10,12-14,18-19,28H,1,11H2,2-4H3,(H,26,32)(H,25,29,31)/t14-,18+,19+,37-/m0/s1. The van der Waals surface area contributed by atoms with Gasteiger partial charge in [-0.1, -0.05) is 24.3 Å². The Labute approximate surface area is 210 Å². The zero-order valence-electron chi connectivity index (χ0n) is 20.3. The van der Waals surface area contributed by atoms with Crippen LogP contribution < -0.4 is 20.9 Å². The van der Waals surface area contributed by atoms with Gasteiger partial charge in [-0.15, -0.1) is 6.58 Å². The smallest absolute Gasteiger partial charge is 0.460 e. The second-order valence-corrected chi connectivity index (χ2v) is 9.88. The van der Waals surface area contributed by atoms with E-state index in [-0.39, 0.29) is 17.9 Å². The molecule has 3 rings (SSSR count). The van der Waals surface area contributed by atoms with Crippen molar-refractivity contribution in [1.82, 2.24) is 14.6 Å². The Morgan fingerprint density at radius 2 is 2.00 bits per heavy atom. The van der Waals surface area contributed by atoms with Gasteiger partial charge in [-0.3, -0.25) is 23.7 Å². The van der Waals surface area contributed by atoms with Gasteiger partial charge in [0, 0.05) is 0 Å². The van der Waals surface area contributed by atoms with Crippen molar-refractivity contribution in [2.45, 2.75) is 51.7 Å². The molecule has 0 radical (unpaired) electrons. The van der Waals surface area contributed by atoms with Crippen LogP contribution >= 0.6 is 7.75 Å². The number of halogens is 1. The van der Waals surface area contributed by atoms with Gasteiger partial charge in [0.25, 0.3) is 5.56 Å². The lowest BCUT2D eigenvalue weighted by molar-refractivity contribution is -0.149. The third-order valence-corrected chi connectivity index (χ3v) is 6.56. The summed E-state index contributed by atoms with van der Waals surface area (Å²) in [6.07, 6.45) is -1.60. The van der Waals surface area contributed by atoms with Crippen LogP contribution in [0.4, 0.5) is 4.39 Å². The lowest BCUT2D eigenvalue weighted by atomic mass is 10.2. The van der Waals surface area contributed by atoms with Crippen molar-refractivity contribution in [2.75, 3.05) is 0 Å². The average molecular weight is 539 g/mol. The van der Waals surface area contributed by atoms with Crippen LogP contribution in [-0.4, -0.2) is 38.9 Å². The fraction of sp³-hybridized carbons (Fsp3) is 0.348. The maximum absolute atomic E-state index is 13.8. The highest BCUT2D eigenvalue weighted by molar-refractivity contribution is 7.52. The molecule has 1 aromatic carbocycles. The Bertz CT molecular complexity index is 1340. The van der Waals surface area contributed by atoms with E-state index in [1.807, 2.05) is 0 Å². The Kier molecular flexibility index (Phi) is 8.74. The van der Waals surface area contributed by atoms with E-state index in [0.29, 0.717) is 6.20 Å². The third-order valence-electron chi connectivity index (χ3n) is 4.90. The van der Waals surface area contributed by atoms with Crippen LogP contribution in [0, 0.1) is 5.82 Å². The summed E-state index contributed by atoms with van der Waals surface area (Å²) in [6, 6.07) is 6.84. The SMILES string of the molecule is C=C[C@@H](O[P@](=O)(N[C@@H](C)C(=O)OC(C)C)Oc1ccccc1)C1=C(O)C[C@H](n2cc(F)c(=O)[nH]c2=O)O1. The number of aliphatic hydroxyl groups is 1. The molecule has 4 atom stereocenters. The molecule has 0 unspecified atom stereocenters. The quantitative estimate of drug-likeness (QED) is 0.220. The lowest BCUT2D eigenvalue weighted by Crippen LogP contribution is -2.37. The number of carbonyl (C=O) groups excluding carboxylic acids is 1. The van der Waals surface area contributed by atoms with E-state index in [1.165, 1.54) is 19.1 Å². The molecule has 14 heteroatoms. The molecule has 1 aliphatic rings. The molecule has 1 aromatic heterocycles. The summed E-state index contributed by atoms with van der Waals surface area (Å²) in [5, 5.41) is 13.0. The van der Waals surface area contributed by atoms with E-state index in [1.54, 1.807) is 37.0 Å². The highest BCUT2D eigenvalue weighted by Crippen LogP contribution is 2.48. The molecule has 12 nitrogen and oxygen atoms in total. The van der Waals surface area contributed by atoms with Crippen molar-refractivity contribution in [3.8, 4) is 5.75 Å². The number of carbonyl (C=O) groups is 1. The second kappa shape index (κ2) is 11.6. The molecule has 1 aliphatic heterocycles. The zero-order valence-corrected chi connectivity index (χ0v) is 21.1. The first-order valence-corrected chi connectivity index (χ1v) is 12.7. The number of aromatic nitrogens is 2. The van der Waals surface area contributed by atoms with E-state index in [9.17, 15) is 28.4 Å². The van der Waals surface area contributed by atoms with Crippen LogP contribution in [0.15, 0.2) is 70.3 Å². The summed E-state index contributed by atoms with van der Waals surface area (Å²) in [4.78, 5) is 37.6. The molecule has 0 spiro atoms. The molecule has 0 saturated heterocycles. The van der Waals surface area contributed by atoms with Crippen molar-refractivity contribution >= 4 is 13.7 Å². The fourth-order valence-electron chi connectivity index (χ4n) is 3.25. The minimum Gasteiger partial charge on any atom is -0.508 e. The van der Waals surface area contributed by atoms with Crippen LogP contribution in [-0.2, 0) is 23.4 Å². The topological polar surface area (TPSA) is 158 Å². The van der Waals surface area contributed by atoms with Gasteiger partial charge in [0.1, 0.15) is 23.7 Å². The maximum atomic E-state index is 13.8. The average Bonchev–Trinajstić information content (AvgIpc) is 3.21. The van der Waals surface area contributed by atoms with Crippen LogP contribution in [0.25, 0.3) is 0 Å². The van der Waals surface area contributed by atoms with Gasteiger partial charge >= 0.3 is 19.4 Å². The summed E-state index contributed by atoms with van der Waals surface area (Å²) in [7, 11) is -4.39. The molecular weight excluding hydrogens is 512 g/mol. The van der Waals surface area contributed by atoms with Gasteiger partial charge in [0.15, 0.2) is 12.0 Å². The Morgan fingerprint density at radius 1 is 1.32 bits per heavy atom. The number of esters is 1. The predicted octanol–water partition coefficient (Wildman–Crippen LogP) is 3.05. The number of hydrogen-bond donors (Lipinski definition) is 3. The number of aromatic amines is 1. The number of hydrogen-bond acceptors (Lipinski definition) is 9. The van der Waals surface area contributed by atoms with E-state index in [4.69, 9.17) is 18.5 Å². The zero-order chi connectivity index (χ0) is 27.3. The predicted molar refractivity (Wildman–Crippen MR) is 129 cm³/mol. The van der Waals surface area contributed by atoms with Gasteiger partial charge in [-0.25, -0.2) is 9.36 Å². The lowest BCUT2D eigenvalue weighted by Gasteiger charge is -2.26. The highest BCUT2D eigenvalue weighted by Gasteiger charge is 2.40. The number of nitrogens with zero attached hydrogens (tertiary/aromatic N) is 1. The van der Waals surface area contributed by atoms with Crippen molar-refractivity contribution < 1.29 is 37.4 Å².